The Balaban J connectivity index is 1.31. The summed E-state index contributed by atoms with van der Waals surface area (Å²) in [6.07, 6.45) is 9.41. The lowest BCUT2D eigenvalue weighted by molar-refractivity contribution is 0.768. The molecule has 1 aliphatic rings. The molecule has 3 aromatic heterocycles. The summed E-state index contributed by atoms with van der Waals surface area (Å²) in [4.78, 5) is 12.5. The van der Waals surface area contributed by atoms with Gasteiger partial charge in [-0.3, -0.25) is 4.68 Å². The molecule has 6 heteroatoms. The minimum atomic E-state index is 0.753. The molecule has 0 saturated heterocycles. The third-order valence-corrected chi connectivity index (χ3v) is 5.10. The summed E-state index contributed by atoms with van der Waals surface area (Å²) in [6, 6.07) is 10.6. The third kappa shape index (κ3) is 3.43. The molecule has 1 aromatic carbocycles. The van der Waals surface area contributed by atoms with E-state index in [4.69, 9.17) is 0 Å². The highest BCUT2D eigenvalue weighted by Gasteiger charge is 2.23. The van der Waals surface area contributed by atoms with Crippen LogP contribution in [0, 0.1) is 5.92 Å². The van der Waals surface area contributed by atoms with Crippen molar-refractivity contribution in [1.82, 2.24) is 24.7 Å². The number of H-pyrrole nitrogens is 1. The second-order valence-electron chi connectivity index (χ2n) is 7.34. The first-order valence-electron chi connectivity index (χ1n) is 9.40. The minimum absolute atomic E-state index is 0.753. The quantitative estimate of drug-likeness (QED) is 0.548. The van der Waals surface area contributed by atoms with E-state index in [1.807, 2.05) is 36.4 Å². The molecule has 0 spiro atoms. The van der Waals surface area contributed by atoms with Gasteiger partial charge in [0, 0.05) is 38.0 Å². The monoisotopic (exact) mass is 358 g/mol. The number of nitrogens with zero attached hydrogens (tertiary/aromatic N) is 4. The molecule has 0 radical (unpaired) electrons. The number of benzene rings is 1. The molecule has 136 valence electrons. The van der Waals surface area contributed by atoms with Crippen LogP contribution < -0.4 is 5.32 Å². The first kappa shape index (κ1) is 16.1. The number of fused-ring (bicyclic) bond motifs is 1. The molecule has 6 nitrogen and oxygen atoms in total. The molecule has 5 rings (SSSR count). The minimum Gasteiger partial charge on any atom is -0.379 e. The zero-order chi connectivity index (χ0) is 18.2. The number of nitrogens with one attached hydrogen (secondary N) is 2. The largest absolute Gasteiger partial charge is 0.379 e. The first-order valence-corrected chi connectivity index (χ1v) is 9.40. The van der Waals surface area contributed by atoms with E-state index in [9.17, 15) is 0 Å². The highest BCUT2D eigenvalue weighted by Crippen LogP contribution is 2.32. The van der Waals surface area contributed by atoms with E-state index in [1.54, 1.807) is 0 Å². The lowest BCUT2D eigenvalue weighted by Gasteiger charge is -2.08. The molecule has 3 heterocycles. The van der Waals surface area contributed by atoms with Crippen LogP contribution in [0.15, 0.2) is 48.9 Å². The van der Waals surface area contributed by atoms with Gasteiger partial charge in [0.25, 0.3) is 0 Å². The van der Waals surface area contributed by atoms with Crippen molar-refractivity contribution < 1.29 is 0 Å². The molecule has 1 fully saturated rings. The maximum atomic E-state index is 4.64. The van der Waals surface area contributed by atoms with Crippen LogP contribution in [0.5, 0.6) is 0 Å². The lowest BCUT2D eigenvalue weighted by atomic mass is 10.1. The second kappa shape index (κ2) is 6.54. The molecule has 0 aliphatic heterocycles. The van der Waals surface area contributed by atoms with E-state index in [1.165, 1.54) is 24.0 Å². The Morgan fingerprint density at radius 2 is 2.00 bits per heavy atom. The van der Waals surface area contributed by atoms with Crippen molar-refractivity contribution in [3.63, 3.8) is 0 Å². The number of pyridine rings is 1. The van der Waals surface area contributed by atoms with Gasteiger partial charge in [-0.1, -0.05) is 24.3 Å². The number of hydrogen-bond acceptors (Lipinski definition) is 4. The number of imidazole rings is 1. The molecule has 2 N–H and O–H groups in total. The standard InChI is InChI=1S/C21H22N6/c1-27-13-17(12-24-27)16-6-4-15(5-7-16)11-23-18-8-9-22-21-20(18)25-19(26-21)10-14-2-3-14/h4-9,12-14H,2-3,10-11H2,1H3,(H2,22,23,25,26). The van der Waals surface area contributed by atoms with Gasteiger partial charge < -0.3 is 10.3 Å². The van der Waals surface area contributed by atoms with Crippen LogP contribution >= 0.6 is 0 Å². The normalized spacial score (nSPS) is 14.0. The smallest absolute Gasteiger partial charge is 0.179 e. The van der Waals surface area contributed by atoms with Gasteiger partial charge in [-0.25, -0.2) is 9.97 Å². The van der Waals surface area contributed by atoms with Crippen molar-refractivity contribution in [2.75, 3.05) is 5.32 Å². The van der Waals surface area contributed by atoms with Crippen molar-refractivity contribution in [3.05, 3.63) is 60.3 Å². The highest BCUT2D eigenvalue weighted by atomic mass is 15.2. The zero-order valence-electron chi connectivity index (χ0n) is 15.3. The van der Waals surface area contributed by atoms with Crippen LogP contribution in [0.1, 0.15) is 24.2 Å². The molecule has 1 saturated carbocycles. The number of hydrogen-bond donors (Lipinski definition) is 2. The Labute approximate surface area is 157 Å². The highest BCUT2D eigenvalue weighted by molar-refractivity contribution is 5.85. The Morgan fingerprint density at radius 1 is 1.15 bits per heavy atom. The second-order valence-corrected chi connectivity index (χ2v) is 7.34. The Hall–Kier alpha value is -3.15. The van der Waals surface area contributed by atoms with Crippen LogP contribution in [0.3, 0.4) is 0 Å². The number of aromatic amines is 1. The fraction of sp³-hybridized carbons (Fsp3) is 0.286. The van der Waals surface area contributed by atoms with E-state index in [0.29, 0.717) is 0 Å². The van der Waals surface area contributed by atoms with Crippen molar-refractivity contribution in [2.45, 2.75) is 25.8 Å². The van der Waals surface area contributed by atoms with Gasteiger partial charge in [-0.05, 0) is 36.0 Å². The average Bonchev–Trinajstić information content (AvgIpc) is 3.22. The van der Waals surface area contributed by atoms with Gasteiger partial charge in [0.15, 0.2) is 5.65 Å². The van der Waals surface area contributed by atoms with E-state index in [-0.39, 0.29) is 0 Å². The molecule has 0 unspecified atom stereocenters. The van der Waals surface area contributed by atoms with Crippen molar-refractivity contribution in [3.8, 4) is 11.1 Å². The van der Waals surface area contributed by atoms with Crippen molar-refractivity contribution in [1.29, 1.82) is 0 Å². The molecule has 0 bridgehead atoms. The molecular weight excluding hydrogens is 336 g/mol. The fourth-order valence-electron chi connectivity index (χ4n) is 3.38. The van der Waals surface area contributed by atoms with Crippen LogP contribution in [0.25, 0.3) is 22.3 Å². The topological polar surface area (TPSA) is 71.4 Å². The summed E-state index contributed by atoms with van der Waals surface area (Å²) in [5, 5.41) is 7.75. The molecular formula is C21H22N6. The van der Waals surface area contributed by atoms with Gasteiger partial charge in [0.1, 0.15) is 11.3 Å². The molecule has 0 amide bonds. The number of anilines is 1. The van der Waals surface area contributed by atoms with Gasteiger partial charge in [-0.15, -0.1) is 0 Å². The van der Waals surface area contributed by atoms with E-state index < -0.39 is 0 Å². The predicted octanol–water partition coefficient (Wildman–Crippen LogP) is 3.92. The number of aromatic nitrogens is 5. The van der Waals surface area contributed by atoms with Crippen LogP contribution in [0.4, 0.5) is 5.69 Å². The Kier molecular flexibility index (Phi) is 3.89. The summed E-state index contributed by atoms with van der Waals surface area (Å²) in [7, 11) is 1.93. The van der Waals surface area contributed by atoms with Crippen LogP contribution in [-0.2, 0) is 20.0 Å². The first-order chi connectivity index (χ1) is 13.2. The van der Waals surface area contributed by atoms with Crippen LogP contribution in [-0.4, -0.2) is 24.7 Å². The summed E-state index contributed by atoms with van der Waals surface area (Å²) < 4.78 is 1.82. The Morgan fingerprint density at radius 3 is 2.74 bits per heavy atom. The molecule has 1 aliphatic carbocycles. The molecule has 27 heavy (non-hydrogen) atoms. The summed E-state index contributed by atoms with van der Waals surface area (Å²) in [6.45, 7) is 0.753. The third-order valence-electron chi connectivity index (χ3n) is 5.10. The summed E-state index contributed by atoms with van der Waals surface area (Å²) >= 11 is 0. The van der Waals surface area contributed by atoms with Gasteiger partial charge >= 0.3 is 0 Å². The maximum Gasteiger partial charge on any atom is 0.179 e. The molecule has 4 aromatic rings. The fourth-order valence-corrected chi connectivity index (χ4v) is 3.38. The van der Waals surface area contributed by atoms with Crippen molar-refractivity contribution >= 4 is 16.9 Å². The summed E-state index contributed by atoms with van der Waals surface area (Å²) in [5.74, 6) is 1.86. The van der Waals surface area contributed by atoms with Gasteiger partial charge in [0.05, 0.1) is 11.9 Å². The SMILES string of the molecule is Cn1cc(-c2ccc(CNc3ccnc4nc(CC5CC5)[nH]c34)cc2)cn1. The maximum absolute atomic E-state index is 4.64. The average molecular weight is 358 g/mol. The van der Waals surface area contributed by atoms with E-state index >= 15 is 0 Å². The molecule has 0 atom stereocenters. The number of aryl methyl sites for hydroxylation is 1. The van der Waals surface area contributed by atoms with Crippen molar-refractivity contribution in [2.24, 2.45) is 13.0 Å². The Bertz CT molecular complexity index is 1070. The predicted molar refractivity (Wildman–Crippen MR) is 106 cm³/mol. The zero-order valence-corrected chi connectivity index (χ0v) is 15.3. The van der Waals surface area contributed by atoms with Crippen LogP contribution in [0.2, 0.25) is 0 Å². The van der Waals surface area contributed by atoms with Gasteiger partial charge in [0.2, 0.25) is 0 Å². The van der Waals surface area contributed by atoms with E-state index in [0.717, 1.165) is 47.1 Å². The summed E-state index contributed by atoms with van der Waals surface area (Å²) in [5.41, 5.74) is 6.38. The van der Waals surface area contributed by atoms with E-state index in [2.05, 4.69) is 49.6 Å². The van der Waals surface area contributed by atoms with Gasteiger partial charge in [-0.2, -0.15) is 5.10 Å². The lowest BCUT2D eigenvalue weighted by Crippen LogP contribution is -2.00. The number of rotatable bonds is 6.